The van der Waals surface area contributed by atoms with Crippen LogP contribution in [0.25, 0.3) is 0 Å². The summed E-state index contributed by atoms with van der Waals surface area (Å²) >= 11 is 0. The van der Waals surface area contributed by atoms with E-state index in [4.69, 9.17) is 5.73 Å². The van der Waals surface area contributed by atoms with E-state index in [9.17, 15) is 9.59 Å². The Hall–Kier alpha value is -1.59. The molecule has 1 unspecified atom stereocenters. The predicted molar refractivity (Wildman–Crippen MR) is 107 cm³/mol. The minimum atomic E-state index is -0.773. The lowest BCUT2D eigenvalue weighted by Gasteiger charge is -2.36. The number of amides is 2. The second-order valence-electron chi connectivity index (χ2n) is 7.46. The second-order valence-corrected chi connectivity index (χ2v) is 7.46. The van der Waals surface area contributed by atoms with Crippen molar-refractivity contribution >= 4 is 24.2 Å². The lowest BCUT2D eigenvalue weighted by atomic mass is 9.80. The summed E-state index contributed by atoms with van der Waals surface area (Å²) < 4.78 is 0. The van der Waals surface area contributed by atoms with E-state index in [1.165, 1.54) is 12.5 Å². The van der Waals surface area contributed by atoms with Gasteiger partial charge in [0.1, 0.15) is 5.54 Å². The van der Waals surface area contributed by atoms with Crippen molar-refractivity contribution in [1.29, 1.82) is 0 Å². The average Bonchev–Trinajstić information content (AvgIpc) is 2.59. The molecule has 0 saturated heterocycles. The molecule has 1 aliphatic carbocycles. The molecule has 2 rings (SSSR count). The van der Waals surface area contributed by atoms with E-state index in [2.05, 4.69) is 36.6 Å². The zero-order valence-electron chi connectivity index (χ0n) is 16.0. The lowest BCUT2D eigenvalue weighted by molar-refractivity contribution is -0.134. The van der Waals surface area contributed by atoms with Gasteiger partial charge in [-0.15, -0.1) is 12.4 Å². The standard InChI is InChI=1S/C20H31N3O2.ClH/c1-14(2)16-7-9-17(10-8-16)18(21)13-22-19(25)20(23-15(3)24)11-5-4-6-12-20;/h7-10,14,18H,4-6,11-13,21H2,1-3H3,(H,22,25)(H,23,24);1H. The molecule has 5 nitrogen and oxygen atoms in total. The van der Waals surface area contributed by atoms with Crippen molar-refractivity contribution in [3.8, 4) is 0 Å². The highest BCUT2D eigenvalue weighted by molar-refractivity contribution is 5.91. The Morgan fingerprint density at radius 3 is 2.12 bits per heavy atom. The minimum absolute atomic E-state index is 0. The van der Waals surface area contributed by atoms with Crippen LogP contribution in [0.5, 0.6) is 0 Å². The molecule has 1 aromatic rings. The number of nitrogens with one attached hydrogen (secondary N) is 2. The second kappa shape index (κ2) is 9.93. The van der Waals surface area contributed by atoms with Crippen LogP contribution >= 0.6 is 12.4 Å². The number of hydrogen-bond acceptors (Lipinski definition) is 3. The molecule has 0 spiro atoms. The third-order valence-electron chi connectivity index (χ3n) is 5.07. The quantitative estimate of drug-likeness (QED) is 0.707. The first-order valence-corrected chi connectivity index (χ1v) is 9.26. The molecule has 146 valence electrons. The third kappa shape index (κ3) is 5.71. The summed E-state index contributed by atoms with van der Waals surface area (Å²) in [7, 11) is 0. The molecule has 0 heterocycles. The van der Waals surface area contributed by atoms with Gasteiger partial charge in [0.25, 0.3) is 0 Å². The number of halogens is 1. The fourth-order valence-corrected chi connectivity index (χ4v) is 3.52. The lowest BCUT2D eigenvalue weighted by Crippen LogP contribution is -2.59. The van der Waals surface area contributed by atoms with Crippen LogP contribution in [0.2, 0.25) is 0 Å². The van der Waals surface area contributed by atoms with Crippen molar-refractivity contribution in [1.82, 2.24) is 10.6 Å². The van der Waals surface area contributed by atoms with Crippen LogP contribution in [0.3, 0.4) is 0 Å². The zero-order valence-corrected chi connectivity index (χ0v) is 16.8. The third-order valence-corrected chi connectivity index (χ3v) is 5.07. The van der Waals surface area contributed by atoms with Crippen LogP contribution in [0, 0.1) is 0 Å². The van der Waals surface area contributed by atoms with Crippen LogP contribution in [0.1, 0.15) is 76.0 Å². The van der Waals surface area contributed by atoms with E-state index >= 15 is 0 Å². The molecule has 1 aromatic carbocycles. The molecular weight excluding hydrogens is 350 g/mol. The van der Waals surface area contributed by atoms with E-state index in [0.29, 0.717) is 25.3 Å². The largest absolute Gasteiger partial charge is 0.352 e. The van der Waals surface area contributed by atoms with Crippen LogP contribution < -0.4 is 16.4 Å². The van der Waals surface area contributed by atoms with E-state index in [1.807, 2.05) is 12.1 Å². The van der Waals surface area contributed by atoms with E-state index in [-0.39, 0.29) is 30.3 Å². The highest BCUT2D eigenvalue weighted by Gasteiger charge is 2.40. The Morgan fingerprint density at radius 2 is 1.62 bits per heavy atom. The summed E-state index contributed by atoms with van der Waals surface area (Å²) in [5.74, 6) is 0.205. The number of nitrogens with two attached hydrogens (primary N) is 1. The number of carbonyl (C=O) groups is 2. The van der Waals surface area contributed by atoms with Gasteiger partial charge >= 0.3 is 0 Å². The molecule has 1 aliphatic rings. The number of rotatable bonds is 6. The number of hydrogen-bond donors (Lipinski definition) is 3. The van der Waals surface area contributed by atoms with Crippen LogP contribution in [-0.2, 0) is 9.59 Å². The van der Waals surface area contributed by atoms with Gasteiger partial charge in [0.2, 0.25) is 11.8 Å². The SMILES string of the molecule is CC(=O)NC1(C(=O)NCC(N)c2ccc(C(C)C)cc2)CCCCC1.Cl. The fraction of sp³-hybridized carbons (Fsp3) is 0.600. The molecule has 4 N–H and O–H groups in total. The Kier molecular flexibility index (Phi) is 8.57. The van der Waals surface area contributed by atoms with Gasteiger partial charge in [0.15, 0.2) is 0 Å². The monoisotopic (exact) mass is 381 g/mol. The van der Waals surface area contributed by atoms with Gasteiger partial charge in [0.05, 0.1) is 0 Å². The van der Waals surface area contributed by atoms with Gasteiger partial charge in [-0.2, -0.15) is 0 Å². The maximum absolute atomic E-state index is 12.8. The Bertz CT molecular complexity index is 596. The summed E-state index contributed by atoms with van der Waals surface area (Å²) in [5.41, 5.74) is 7.74. The highest BCUT2D eigenvalue weighted by Crippen LogP contribution is 2.28. The van der Waals surface area contributed by atoms with Crippen molar-refractivity contribution in [2.75, 3.05) is 6.54 Å². The van der Waals surface area contributed by atoms with Gasteiger partial charge in [0, 0.05) is 19.5 Å². The van der Waals surface area contributed by atoms with Crippen LogP contribution in [0.4, 0.5) is 0 Å². The normalized spacial score (nSPS) is 17.1. The van der Waals surface area contributed by atoms with Gasteiger partial charge in [-0.25, -0.2) is 0 Å². The van der Waals surface area contributed by atoms with E-state index in [0.717, 1.165) is 24.8 Å². The maximum Gasteiger partial charge on any atom is 0.245 e. The Morgan fingerprint density at radius 1 is 1.08 bits per heavy atom. The Labute approximate surface area is 162 Å². The molecule has 2 amide bonds. The van der Waals surface area contributed by atoms with Crippen molar-refractivity contribution in [2.45, 2.75) is 70.4 Å². The molecule has 1 saturated carbocycles. The Balaban J connectivity index is 0.00000338. The zero-order chi connectivity index (χ0) is 18.4. The van der Waals surface area contributed by atoms with Gasteiger partial charge < -0.3 is 16.4 Å². The highest BCUT2D eigenvalue weighted by atomic mass is 35.5. The molecule has 1 fully saturated rings. The summed E-state index contributed by atoms with van der Waals surface area (Å²) in [6.07, 6.45) is 4.40. The van der Waals surface area contributed by atoms with Gasteiger partial charge in [-0.05, 0) is 29.9 Å². The summed E-state index contributed by atoms with van der Waals surface area (Å²) in [6.45, 7) is 6.13. The van der Waals surface area contributed by atoms with Crippen LogP contribution in [0.15, 0.2) is 24.3 Å². The molecule has 0 radical (unpaired) electrons. The van der Waals surface area contributed by atoms with Gasteiger partial charge in [-0.3, -0.25) is 9.59 Å². The summed E-state index contributed by atoms with van der Waals surface area (Å²) in [6, 6.07) is 7.96. The van der Waals surface area contributed by atoms with Crippen molar-refractivity contribution in [2.24, 2.45) is 5.73 Å². The molecule has 6 heteroatoms. The van der Waals surface area contributed by atoms with Crippen molar-refractivity contribution < 1.29 is 9.59 Å². The minimum Gasteiger partial charge on any atom is -0.352 e. The van der Waals surface area contributed by atoms with Gasteiger partial charge in [-0.1, -0.05) is 57.4 Å². The first-order chi connectivity index (χ1) is 11.8. The smallest absolute Gasteiger partial charge is 0.245 e. The van der Waals surface area contributed by atoms with Crippen LogP contribution in [-0.4, -0.2) is 23.9 Å². The van der Waals surface area contributed by atoms with E-state index in [1.54, 1.807) is 0 Å². The molecular formula is C20H32ClN3O2. The first kappa shape index (κ1) is 22.5. The summed E-state index contributed by atoms with van der Waals surface area (Å²) in [5, 5.41) is 5.84. The molecule has 0 bridgehead atoms. The number of carbonyl (C=O) groups excluding carboxylic acids is 2. The van der Waals surface area contributed by atoms with E-state index < -0.39 is 5.54 Å². The molecule has 26 heavy (non-hydrogen) atoms. The maximum atomic E-state index is 12.8. The van der Waals surface area contributed by atoms with Crippen molar-refractivity contribution in [3.05, 3.63) is 35.4 Å². The fourth-order valence-electron chi connectivity index (χ4n) is 3.52. The predicted octanol–water partition coefficient (Wildman–Crippen LogP) is 3.19. The topological polar surface area (TPSA) is 84.2 Å². The molecule has 0 aromatic heterocycles. The average molecular weight is 382 g/mol. The molecule has 0 aliphatic heterocycles. The first-order valence-electron chi connectivity index (χ1n) is 9.26. The van der Waals surface area contributed by atoms with Crippen molar-refractivity contribution in [3.63, 3.8) is 0 Å². The summed E-state index contributed by atoms with van der Waals surface area (Å²) in [4.78, 5) is 24.3. The number of benzene rings is 1. The molecule has 1 atom stereocenters.